The van der Waals surface area contributed by atoms with Crippen LogP contribution in [0.5, 0.6) is 0 Å². The van der Waals surface area contributed by atoms with Crippen molar-refractivity contribution in [1.82, 2.24) is 0 Å². The monoisotopic (exact) mass is 274 g/mol. The van der Waals surface area contributed by atoms with Crippen LogP contribution in [0.3, 0.4) is 0 Å². The number of thiocarbonyl (C=S) groups is 1. The number of thioether (sulfide) groups is 1. The maximum Gasteiger partial charge on any atom is 0.107 e. The van der Waals surface area contributed by atoms with Crippen LogP contribution in [0.25, 0.3) is 0 Å². The Morgan fingerprint density at radius 2 is 2.31 bits per heavy atom. The number of hydrogen-bond acceptors (Lipinski definition) is 3. The first-order valence-corrected chi connectivity index (χ1v) is 7.16. The molecule has 0 amide bonds. The number of nitrogens with two attached hydrogens (primary N) is 1. The fourth-order valence-corrected chi connectivity index (χ4v) is 2.35. The standard InChI is InChI=1S/C11H15ClN2S2/c1-16-7-3-6-14-9-5-2-4-8(12)10(9)11(13)15/h2,4-5,14H,3,6-7H2,1H3,(H2,13,15). The lowest BCUT2D eigenvalue weighted by Gasteiger charge is -2.12. The Hall–Kier alpha value is -0.450. The van der Waals surface area contributed by atoms with Crippen molar-refractivity contribution >= 4 is 46.3 Å². The van der Waals surface area contributed by atoms with Gasteiger partial charge in [0, 0.05) is 12.2 Å². The Balaban J connectivity index is 2.71. The molecule has 88 valence electrons. The van der Waals surface area contributed by atoms with Crippen LogP contribution < -0.4 is 11.1 Å². The lowest BCUT2D eigenvalue weighted by molar-refractivity contribution is 0.993. The topological polar surface area (TPSA) is 38.0 Å². The Labute approximate surface area is 111 Å². The highest BCUT2D eigenvalue weighted by atomic mass is 35.5. The summed E-state index contributed by atoms with van der Waals surface area (Å²) in [5.74, 6) is 1.13. The normalized spacial score (nSPS) is 10.1. The lowest BCUT2D eigenvalue weighted by atomic mass is 10.1. The molecule has 0 unspecified atom stereocenters. The van der Waals surface area contributed by atoms with E-state index in [1.54, 1.807) is 6.07 Å². The molecule has 2 nitrogen and oxygen atoms in total. The molecule has 1 aromatic carbocycles. The van der Waals surface area contributed by atoms with Crippen LogP contribution in [0.1, 0.15) is 12.0 Å². The van der Waals surface area contributed by atoms with Crippen molar-refractivity contribution in [2.45, 2.75) is 6.42 Å². The molecule has 1 aromatic rings. The molecule has 0 saturated heterocycles. The molecule has 0 saturated carbocycles. The fourth-order valence-electron chi connectivity index (χ4n) is 1.36. The van der Waals surface area contributed by atoms with Crippen molar-refractivity contribution in [2.24, 2.45) is 5.73 Å². The average molecular weight is 275 g/mol. The molecule has 3 N–H and O–H groups in total. The summed E-state index contributed by atoms with van der Waals surface area (Å²) < 4.78 is 0. The highest BCUT2D eigenvalue weighted by Crippen LogP contribution is 2.24. The van der Waals surface area contributed by atoms with Crippen LogP contribution in [0.15, 0.2) is 18.2 Å². The Bertz CT molecular complexity index is 369. The number of halogens is 1. The van der Waals surface area contributed by atoms with Crippen molar-refractivity contribution in [3.8, 4) is 0 Å². The molecular weight excluding hydrogens is 260 g/mol. The Morgan fingerprint density at radius 3 is 2.94 bits per heavy atom. The summed E-state index contributed by atoms with van der Waals surface area (Å²) in [4.78, 5) is 0.331. The molecule has 0 aliphatic rings. The van der Waals surface area contributed by atoms with E-state index in [4.69, 9.17) is 29.6 Å². The second-order valence-corrected chi connectivity index (χ2v) is 5.13. The summed E-state index contributed by atoms with van der Waals surface area (Å²) in [5.41, 5.74) is 7.31. The molecule has 0 spiro atoms. The zero-order chi connectivity index (χ0) is 12.0. The summed E-state index contributed by atoms with van der Waals surface area (Å²) in [6.45, 7) is 0.900. The Kier molecular flexibility index (Phi) is 5.95. The van der Waals surface area contributed by atoms with Crippen LogP contribution in [-0.2, 0) is 0 Å². The van der Waals surface area contributed by atoms with Crippen LogP contribution >= 0.6 is 35.6 Å². The summed E-state index contributed by atoms with van der Waals surface area (Å²) >= 11 is 12.9. The van der Waals surface area contributed by atoms with E-state index in [0.29, 0.717) is 10.0 Å². The van der Waals surface area contributed by atoms with Gasteiger partial charge in [-0.05, 0) is 30.6 Å². The number of nitrogens with one attached hydrogen (secondary N) is 1. The second-order valence-electron chi connectivity index (χ2n) is 3.30. The number of benzene rings is 1. The number of hydrogen-bond donors (Lipinski definition) is 2. The van der Waals surface area contributed by atoms with Crippen LogP contribution in [-0.4, -0.2) is 23.5 Å². The van der Waals surface area contributed by atoms with Gasteiger partial charge in [0.1, 0.15) is 4.99 Å². The summed E-state index contributed by atoms with van der Waals surface area (Å²) in [5, 5.41) is 3.90. The zero-order valence-electron chi connectivity index (χ0n) is 9.13. The van der Waals surface area contributed by atoms with Crippen LogP contribution in [0.4, 0.5) is 5.69 Å². The van der Waals surface area contributed by atoms with Gasteiger partial charge in [-0.25, -0.2) is 0 Å². The highest BCUT2D eigenvalue weighted by Gasteiger charge is 2.08. The zero-order valence-corrected chi connectivity index (χ0v) is 11.5. The maximum atomic E-state index is 6.05. The van der Waals surface area contributed by atoms with Crippen molar-refractivity contribution in [1.29, 1.82) is 0 Å². The van der Waals surface area contributed by atoms with Crippen LogP contribution in [0.2, 0.25) is 5.02 Å². The van der Waals surface area contributed by atoms with Gasteiger partial charge in [0.15, 0.2) is 0 Å². The third kappa shape index (κ3) is 3.85. The summed E-state index contributed by atoms with van der Waals surface area (Å²) in [6, 6.07) is 5.63. The van der Waals surface area contributed by atoms with Gasteiger partial charge in [0.2, 0.25) is 0 Å². The predicted octanol–water partition coefficient (Wildman–Crippen LogP) is 3.14. The first kappa shape index (κ1) is 13.6. The largest absolute Gasteiger partial charge is 0.389 e. The molecule has 0 bridgehead atoms. The minimum atomic E-state index is 0.331. The van der Waals surface area contributed by atoms with E-state index < -0.39 is 0 Å². The smallest absolute Gasteiger partial charge is 0.107 e. The highest BCUT2D eigenvalue weighted by molar-refractivity contribution is 7.98. The molecule has 0 heterocycles. The maximum absolute atomic E-state index is 6.05. The van der Waals surface area contributed by atoms with Gasteiger partial charge in [-0.15, -0.1) is 0 Å². The van der Waals surface area contributed by atoms with Gasteiger partial charge in [0.25, 0.3) is 0 Å². The first-order chi connectivity index (χ1) is 7.66. The molecule has 0 aliphatic carbocycles. The van der Waals surface area contributed by atoms with Gasteiger partial charge >= 0.3 is 0 Å². The molecule has 0 atom stereocenters. The van der Waals surface area contributed by atoms with E-state index >= 15 is 0 Å². The number of anilines is 1. The third-order valence-electron chi connectivity index (χ3n) is 2.10. The molecule has 0 radical (unpaired) electrons. The van der Waals surface area contributed by atoms with Crippen molar-refractivity contribution < 1.29 is 0 Å². The van der Waals surface area contributed by atoms with Gasteiger partial charge in [-0.3, -0.25) is 0 Å². The number of rotatable bonds is 6. The van der Waals surface area contributed by atoms with Gasteiger partial charge in [-0.1, -0.05) is 29.9 Å². The molecule has 16 heavy (non-hydrogen) atoms. The Morgan fingerprint density at radius 1 is 1.56 bits per heavy atom. The second kappa shape index (κ2) is 6.99. The molecule has 0 aromatic heterocycles. The quantitative estimate of drug-likeness (QED) is 0.617. The molecular formula is C11H15ClN2S2. The third-order valence-corrected chi connectivity index (χ3v) is 3.32. The van der Waals surface area contributed by atoms with E-state index in [9.17, 15) is 0 Å². The van der Waals surface area contributed by atoms with E-state index in [2.05, 4.69) is 11.6 Å². The molecule has 5 heteroatoms. The van der Waals surface area contributed by atoms with Gasteiger partial charge in [-0.2, -0.15) is 11.8 Å². The predicted molar refractivity (Wildman–Crippen MR) is 78.8 cm³/mol. The van der Waals surface area contributed by atoms with E-state index in [-0.39, 0.29) is 0 Å². The minimum absolute atomic E-state index is 0.331. The molecule has 1 rings (SSSR count). The summed E-state index contributed by atoms with van der Waals surface area (Å²) in [6.07, 6.45) is 3.20. The minimum Gasteiger partial charge on any atom is -0.389 e. The van der Waals surface area contributed by atoms with Crippen molar-refractivity contribution in [3.63, 3.8) is 0 Å². The molecule has 0 fully saturated rings. The van der Waals surface area contributed by atoms with E-state index in [1.165, 1.54) is 0 Å². The first-order valence-electron chi connectivity index (χ1n) is 4.98. The summed E-state index contributed by atoms with van der Waals surface area (Å²) in [7, 11) is 0. The average Bonchev–Trinajstić information content (AvgIpc) is 2.24. The SMILES string of the molecule is CSCCCNc1cccc(Cl)c1C(N)=S. The van der Waals surface area contributed by atoms with Crippen LogP contribution in [0, 0.1) is 0 Å². The van der Waals surface area contributed by atoms with Crippen molar-refractivity contribution in [2.75, 3.05) is 23.9 Å². The van der Waals surface area contributed by atoms with Gasteiger partial charge in [0.05, 0.1) is 10.6 Å². The van der Waals surface area contributed by atoms with E-state index in [1.807, 2.05) is 23.9 Å². The fraction of sp³-hybridized carbons (Fsp3) is 0.364. The lowest BCUT2D eigenvalue weighted by Crippen LogP contribution is -2.14. The molecule has 0 aliphatic heterocycles. The van der Waals surface area contributed by atoms with E-state index in [0.717, 1.165) is 30.0 Å². The van der Waals surface area contributed by atoms with Gasteiger partial charge < -0.3 is 11.1 Å². The van der Waals surface area contributed by atoms with Crippen molar-refractivity contribution in [3.05, 3.63) is 28.8 Å².